The van der Waals surface area contributed by atoms with Crippen molar-refractivity contribution in [3.05, 3.63) is 53.6 Å². The Hall–Kier alpha value is -3.71. The maximum absolute atomic E-state index is 13.3. The van der Waals surface area contributed by atoms with Gasteiger partial charge in [0.2, 0.25) is 0 Å². The Kier molecular flexibility index (Phi) is 15.4. The second-order valence-electron chi connectivity index (χ2n) is 13.6. The molecule has 0 aromatic heterocycles. The molecule has 0 spiro atoms. The molecule has 2 aromatic rings. The van der Waals surface area contributed by atoms with E-state index in [9.17, 15) is 55.9 Å². The van der Waals surface area contributed by atoms with Gasteiger partial charge in [-0.2, -0.15) is 0 Å². The highest BCUT2D eigenvalue weighted by Crippen LogP contribution is 2.35. The number of benzene rings is 2. The third-order valence-electron chi connectivity index (χ3n) is 9.79. The van der Waals surface area contributed by atoms with Gasteiger partial charge in [0.25, 0.3) is 0 Å². The van der Waals surface area contributed by atoms with Crippen LogP contribution in [-0.4, -0.2) is 183 Å². The molecule has 318 valence electrons. The number of aromatic hydroxyl groups is 2. The van der Waals surface area contributed by atoms with Crippen LogP contribution in [0.25, 0.3) is 6.08 Å². The van der Waals surface area contributed by atoms with Crippen LogP contribution >= 0.6 is 0 Å². The zero-order valence-corrected chi connectivity index (χ0v) is 31.2. The van der Waals surface area contributed by atoms with Gasteiger partial charge in [-0.15, -0.1) is 0 Å². The summed E-state index contributed by atoms with van der Waals surface area (Å²) in [7, 11) is 2.74. The highest BCUT2D eigenvalue weighted by atomic mass is 16.8. The monoisotopic (exact) mass is 814 g/mol. The minimum atomic E-state index is -1.93. The first-order chi connectivity index (χ1) is 27.2. The maximum Gasteiger partial charge on any atom is 0.331 e. The van der Waals surface area contributed by atoms with Gasteiger partial charge in [0.1, 0.15) is 61.0 Å². The van der Waals surface area contributed by atoms with Crippen molar-refractivity contribution in [2.75, 3.05) is 34.0 Å². The first-order valence-electron chi connectivity index (χ1n) is 18.0. The van der Waals surface area contributed by atoms with Gasteiger partial charge in [0.15, 0.2) is 48.0 Å². The summed E-state index contributed by atoms with van der Waals surface area (Å²) in [6.45, 7) is -0.321. The average Bonchev–Trinajstić information content (AvgIpc) is 3.20. The van der Waals surface area contributed by atoms with Gasteiger partial charge < -0.3 is 93.7 Å². The van der Waals surface area contributed by atoms with E-state index in [0.29, 0.717) is 11.1 Å². The molecule has 3 aliphatic heterocycles. The molecule has 20 nitrogen and oxygen atoms in total. The highest BCUT2D eigenvalue weighted by molar-refractivity contribution is 5.87. The number of phenols is 2. The maximum atomic E-state index is 13.3. The summed E-state index contributed by atoms with van der Waals surface area (Å²) in [5.41, 5.74) is 1.05. The topological polar surface area (TPSA) is 302 Å². The minimum absolute atomic E-state index is 0.105. The summed E-state index contributed by atoms with van der Waals surface area (Å²) in [5.74, 6) is -0.875. The van der Waals surface area contributed by atoms with Crippen LogP contribution in [0.15, 0.2) is 42.5 Å². The van der Waals surface area contributed by atoms with Gasteiger partial charge in [-0.1, -0.05) is 12.1 Å². The number of rotatable bonds is 15. The predicted octanol–water partition coefficient (Wildman–Crippen LogP) is -2.59. The number of carbonyl (C=O) groups is 1. The third-order valence-corrected chi connectivity index (χ3v) is 9.79. The van der Waals surface area contributed by atoms with Crippen LogP contribution < -0.4 is 9.47 Å². The molecule has 3 fully saturated rings. The van der Waals surface area contributed by atoms with Crippen LogP contribution in [0, 0.1) is 0 Å². The molecule has 0 saturated carbocycles. The summed E-state index contributed by atoms with van der Waals surface area (Å²) in [4.78, 5) is 13.3. The fourth-order valence-corrected chi connectivity index (χ4v) is 6.54. The largest absolute Gasteiger partial charge is 0.504 e. The Bertz CT molecular complexity index is 1640. The van der Waals surface area contributed by atoms with Crippen molar-refractivity contribution in [3.8, 4) is 23.0 Å². The third kappa shape index (κ3) is 10.3. The lowest BCUT2D eigenvalue weighted by Crippen LogP contribution is -2.66. The number of hydrogen-bond donors (Lipinski definition) is 10. The minimum Gasteiger partial charge on any atom is -0.504 e. The van der Waals surface area contributed by atoms with Crippen molar-refractivity contribution in [3.63, 3.8) is 0 Å². The molecular formula is C37H50O20. The van der Waals surface area contributed by atoms with E-state index in [1.54, 1.807) is 12.1 Å². The Morgan fingerprint density at radius 3 is 2.04 bits per heavy atom. The fraction of sp³-hybridized carbons (Fsp3) is 0.595. The van der Waals surface area contributed by atoms with Crippen molar-refractivity contribution in [1.82, 2.24) is 0 Å². The highest BCUT2D eigenvalue weighted by Gasteiger charge is 2.54. The summed E-state index contributed by atoms with van der Waals surface area (Å²) < 4.78 is 50.8. The number of hydrogen-bond acceptors (Lipinski definition) is 20. The Morgan fingerprint density at radius 1 is 0.684 bits per heavy atom. The van der Waals surface area contributed by atoms with Crippen molar-refractivity contribution in [2.24, 2.45) is 0 Å². The van der Waals surface area contributed by atoms with Crippen molar-refractivity contribution in [1.29, 1.82) is 0 Å². The van der Waals surface area contributed by atoms with Crippen molar-refractivity contribution >= 4 is 12.0 Å². The molecule has 0 amide bonds. The van der Waals surface area contributed by atoms with E-state index < -0.39 is 111 Å². The van der Waals surface area contributed by atoms with E-state index in [1.807, 2.05) is 0 Å². The number of ether oxygens (including phenoxy) is 9. The fourth-order valence-electron chi connectivity index (χ4n) is 6.54. The van der Waals surface area contributed by atoms with Crippen LogP contribution in [0.4, 0.5) is 0 Å². The van der Waals surface area contributed by atoms with E-state index in [-0.39, 0.29) is 36.0 Å². The smallest absolute Gasteiger partial charge is 0.331 e. The second kappa shape index (κ2) is 19.8. The number of aliphatic hydroxyl groups excluding tert-OH is 8. The SMILES string of the molecule is COc1ccc(CCO[C@@H]2O[C@H](CO)[C@@H](OC(=O)/C=C/c3ccc(O)c(OC)c3)[C@H](O[C@@H]3O[C@@H](C)[C@H](O)[C@@H](O)[C@H]3O[C@@H]3O[C@H](CO)[C@H](O)[C@H](O)[C@H]3O)[C@H]2O)cc1O. The van der Waals surface area contributed by atoms with Crippen LogP contribution in [0.3, 0.4) is 0 Å². The first-order valence-corrected chi connectivity index (χ1v) is 18.0. The lowest BCUT2D eigenvalue weighted by Gasteiger charge is -2.48. The number of aliphatic hydroxyl groups is 8. The van der Waals surface area contributed by atoms with E-state index >= 15 is 0 Å². The normalized spacial score (nSPS) is 35.9. The molecule has 57 heavy (non-hydrogen) atoms. The molecule has 2 aromatic carbocycles. The zero-order valence-electron chi connectivity index (χ0n) is 31.2. The van der Waals surface area contributed by atoms with E-state index in [1.165, 1.54) is 51.5 Å². The Balaban J connectivity index is 1.41. The van der Waals surface area contributed by atoms with E-state index in [4.69, 9.17) is 42.6 Å². The Labute approximate surface area is 326 Å². The van der Waals surface area contributed by atoms with Gasteiger partial charge in [-0.05, 0) is 54.8 Å². The van der Waals surface area contributed by atoms with Crippen LogP contribution in [0.5, 0.6) is 23.0 Å². The predicted molar refractivity (Wildman–Crippen MR) is 190 cm³/mol. The van der Waals surface area contributed by atoms with Crippen molar-refractivity contribution < 1.29 is 98.5 Å². The molecule has 15 atom stereocenters. The van der Waals surface area contributed by atoms with Crippen LogP contribution in [0.1, 0.15) is 18.1 Å². The zero-order chi connectivity index (χ0) is 41.6. The molecule has 3 heterocycles. The Morgan fingerprint density at radius 2 is 1.37 bits per heavy atom. The number of methoxy groups -OCH3 is 2. The van der Waals surface area contributed by atoms with Crippen LogP contribution in [0.2, 0.25) is 0 Å². The summed E-state index contributed by atoms with van der Waals surface area (Å²) in [6.07, 6.45) is -22.5. The molecular weight excluding hydrogens is 764 g/mol. The summed E-state index contributed by atoms with van der Waals surface area (Å²) in [5, 5.41) is 105. The standard InChI is InChI=1S/C37H50O20/c1-16-26(43)29(46)34(57-36-30(47)28(45)27(44)23(14-38)53-36)37(52-16)56-33-31(48)35(51-11-10-18-5-8-21(49-2)20(41)12-18)54-24(15-39)32(33)55-25(42)9-6-17-4-7-19(40)22(13-17)50-3/h4-9,12-13,16,23-24,26-41,43-48H,10-11,14-15H2,1-3H3/b9-6+/t16-,23+,24+,26-,27-,28-,29+,30+,31+,32+,33+,34+,35+,36-,37-/m0/s1. The molecule has 5 rings (SSSR count). The van der Waals surface area contributed by atoms with Gasteiger partial charge in [0, 0.05) is 6.08 Å². The molecule has 0 aliphatic carbocycles. The van der Waals surface area contributed by atoms with Gasteiger partial charge >= 0.3 is 5.97 Å². The number of esters is 1. The van der Waals surface area contributed by atoms with Gasteiger partial charge in [-0.3, -0.25) is 0 Å². The molecule has 10 N–H and O–H groups in total. The quantitative estimate of drug-likeness (QED) is 0.0652. The lowest BCUT2D eigenvalue weighted by molar-refractivity contribution is -0.386. The summed E-state index contributed by atoms with van der Waals surface area (Å²) in [6, 6.07) is 8.96. The number of phenolic OH excluding ortho intramolecular Hbond substituents is 2. The van der Waals surface area contributed by atoms with Crippen molar-refractivity contribution in [2.45, 2.75) is 105 Å². The van der Waals surface area contributed by atoms with Gasteiger partial charge in [0.05, 0.1) is 40.1 Å². The molecule has 0 radical (unpaired) electrons. The second-order valence-corrected chi connectivity index (χ2v) is 13.6. The molecule has 0 bridgehead atoms. The van der Waals surface area contributed by atoms with E-state index in [2.05, 4.69) is 0 Å². The first kappa shape index (κ1) is 44.4. The lowest BCUT2D eigenvalue weighted by atomic mass is 9.96. The molecule has 3 saturated heterocycles. The molecule has 20 heteroatoms. The summed E-state index contributed by atoms with van der Waals surface area (Å²) >= 11 is 0. The number of carbonyl (C=O) groups excluding carboxylic acids is 1. The average molecular weight is 815 g/mol. The molecule has 3 aliphatic rings. The van der Waals surface area contributed by atoms with Gasteiger partial charge in [-0.25, -0.2) is 4.79 Å². The van der Waals surface area contributed by atoms with Crippen LogP contribution in [-0.2, 0) is 44.4 Å². The van der Waals surface area contributed by atoms with E-state index in [0.717, 1.165) is 6.08 Å². The molecule has 0 unspecified atom stereocenters.